The lowest BCUT2D eigenvalue weighted by atomic mass is 10.2. The highest BCUT2D eigenvalue weighted by atomic mass is 35.5. The summed E-state index contributed by atoms with van der Waals surface area (Å²) in [6.07, 6.45) is 0. The smallest absolute Gasteiger partial charge is 0.338 e. The van der Waals surface area contributed by atoms with E-state index in [0.29, 0.717) is 22.0 Å². The van der Waals surface area contributed by atoms with Crippen LogP contribution in [0, 0.1) is 13.8 Å². The molecule has 0 saturated heterocycles. The highest BCUT2D eigenvalue weighted by molar-refractivity contribution is 6.30. The van der Waals surface area contributed by atoms with Crippen molar-refractivity contribution in [2.45, 2.75) is 13.8 Å². The van der Waals surface area contributed by atoms with E-state index in [9.17, 15) is 9.59 Å². The number of halogens is 1. The summed E-state index contributed by atoms with van der Waals surface area (Å²) in [6, 6.07) is 15.9. The second-order valence-corrected chi connectivity index (χ2v) is 6.36. The molecule has 27 heavy (non-hydrogen) atoms. The van der Waals surface area contributed by atoms with Gasteiger partial charge in [-0.25, -0.2) is 9.48 Å². The second-order valence-electron chi connectivity index (χ2n) is 5.92. The number of benzene rings is 2. The molecule has 1 heterocycles. The van der Waals surface area contributed by atoms with Crippen molar-refractivity contribution in [1.29, 1.82) is 0 Å². The van der Waals surface area contributed by atoms with Gasteiger partial charge in [-0.15, -0.1) is 0 Å². The Hall–Kier alpha value is -3.12. The van der Waals surface area contributed by atoms with Crippen molar-refractivity contribution in [3.05, 3.63) is 76.6 Å². The molecule has 1 amide bonds. The molecule has 0 aliphatic carbocycles. The molecule has 0 saturated carbocycles. The lowest BCUT2D eigenvalue weighted by molar-refractivity contribution is -0.119. The fraction of sp³-hybridized carbons (Fsp3) is 0.150. The number of rotatable bonds is 5. The molecule has 0 aliphatic heterocycles. The standard InChI is InChI=1S/C20H18ClN3O3/c1-13-19(14(2)24(23-13)17-6-4-3-5-7-17)22-18(25)12-27-20(26)15-8-10-16(21)11-9-15/h3-11H,12H2,1-2H3,(H,22,25). The summed E-state index contributed by atoms with van der Waals surface area (Å²) in [5.41, 5.74) is 3.29. The van der Waals surface area contributed by atoms with E-state index < -0.39 is 18.5 Å². The normalized spacial score (nSPS) is 10.5. The zero-order chi connectivity index (χ0) is 19.4. The van der Waals surface area contributed by atoms with E-state index in [4.69, 9.17) is 16.3 Å². The van der Waals surface area contributed by atoms with Gasteiger partial charge in [-0.2, -0.15) is 5.10 Å². The van der Waals surface area contributed by atoms with Crippen molar-refractivity contribution in [2.24, 2.45) is 0 Å². The lowest BCUT2D eigenvalue weighted by Crippen LogP contribution is -2.21. The van der Waals surface area contributed by atoms with Gasteiger partial charge in [-0.3, -0.25) is 4.79 Å². The average Bonchev–Trinajstić information content (AvgIpc) is 2.95. The first-order valence-electron chi connectivity index (χ1n) is 8.30. The molecule has 0 fully saturated rings. The summed E-state index contributed by atoms with van der Waals surface area (Å²) in [7, 11) is 0. The zero-order valence-corrected chi connectivity index (χ0v) is 15.7. The van der Waals surface area contributed by atoms with Gasteiger partial charge in [0, 0.05) is 5.02 Å². The summed E-state index contributed by atoms with van der Waals surface area (Å²) in [4.78, 5) is 24.2. The molecule has 0 bridgehead atoms. The molecule has 7 heteroatoms. The van der Waals surface area contributed by atoms with Crippen molar-refractivity contribution < 1.29 is 14.3 Å². The maximum atomic E-state index is 12.2. The van der Waals surface area contributed by atoms with E-state index in [2.05, 4.69) is 10.4 Å². The van der Waals surface area contributed by atoms with Gasteiger partial charge >= 0.3 is 5.97 Å². The van der Waals surface area contributed by atoms with Crippen LogP contribution < -0.4 is 5.32 Å². The van der Waals surface area contributed by atoms with Crippen LogP contribution >= 0.6 is 11.6 Å². The Morgan fingerprint density at radius 3 is 2.41 bits per heavy atom. The van der Waals surface area contributed by atoms with E-state index >= 15 is 0 Å². The van der Waals surface area contributed by atoms with E-state index in [1.54, 1.807) is 28.9 Å². The second kappa shape index (κ2) is 8.05. The highest BCUT2D eigenvalue weighted by Crippen LogP contribution is 2.22. The zero-order valence-electron chi connectivity index (χ0n) is 14.9. The Kier molecular flexibility index (Phi) is 5.57. The number of anilines is 1. The van der Waals surface area contributed by atoms with E-state index in [0.717, 1.165) is 11.4 Å². The minimum atomic E-state index is -0.588. The molecule has 0 unspecified atom stereocenters. The molecular weight excluding hydrogens is 366 g/mol. The Bertz CT molecular complexity index is 966. The molecule has 3 rings (SSSR count). The monoisotopic (exact) mass is 383 g/mol. The van der Waals surface area contributed by atoms with E-state index in [1.807, 2.05) is 44.2 Å². The third-order valence-corrected chi connectivity index (χ3v) is 4.22. The minimum Gasteiger partial charge on any atom is -0.452 e. The average molecular weight is 384 g/mol. The number of carbonyl (C=O) groups is 2. The quantitative estimate of drug-likeness (QED) is 0.677. The van der Waals surface area contributed by atoms with Gasteiger partial charge in [0.25, 0.3) is 5.91 Å². The predicted molar refractivity (Wildman–Crippen MR) is 103 cm³/mol. The first-order valence-corrected chi connectivity index (χ1v) is 8.67. The van der Waals surface area contributed by atoms with Crippen LogP contribution in [0.2, 0.25) is 5.02 Å². The Morgan fingerprint density at radius 2 is 1.74 bits per heavy atom. The molecule has 1 aromatic heterocycles. The molecule has 3 aromatic rings. The van der Waals surface area contributed by atoms with Crippen LogP contribution in [-0.4, -0.2) is 28.3 Å². The minimum absolute atomic E-state index is 0.330. The van der Waals surface area contributed by atoms with Crippen LogP contribution in [0.15, 0.2) is 54.6 Å². The largest absolute Gasteiger partial charge is 0.452 e. The number of amides is 1. The van der Waals surface area contributed by atoms with Crippen molar-refractivity contribution in [3.63, 3.8) is 0 Å². The molecule has 138 valence electrons. The van der Waals surface area contributed by atoms with Gasteiger partial charge in [0.1, 0.15) is 0 Å². The van der Waals surface area contributed by atoms with Crippen molar-refractivity contribution in [1.82, 2.24) is 9.78 Å². The fourth-order valence-corrected chi connectivity index (χ4v) is 2.75. The van der Waals surface area contributed by atoms with Crippen LogP contribution in [-0.2, 0) is 9.53 Å². The van der Waals surface area contributed by atoms with Crippen LogP contribution in [0.5, 0.6) is 0 Å². The molecule has 0 atom stereocenters. The maximum absolute atomic E-state index is 12.2. The first-order chi connectivity index (χ1) is 13.0. The van der Waals surface area contributed by atoms with Crippen molar-refractivity contribution in [2.75, 3.05) is 11.9 Å². The molecule has 2 aromatic carbocycles. The fourth-order valence-electron chi connectivity index (χ4n) is 2.62. The predicted octanol–water partition coefficient (Wildman–Crippen LogP) is 3.94. The van der Waals surface area contributed by atoms with Crippen LogP contribution in [0.1, 0.15) is 21.7 Å². The summed E-state index contributed by atoms with van der Waals surface area (Å²) in [5.74, 6) is -1.02. The lowest BCUT2D eigenvalue weighted by Gasteiger charge is -2.08. The van der Waals surface area contributed by atoms with Gasteiger partial charge < -0.3 is 10.1 Å². The summed E-state index contributed by atoms with van der Waals surface area (Å²) >= 11 is 5.79. The number of carbonyl (C=O) groups excluding carboxylic acids is 2. The van der Waals surface area contributed by atoms with Crippen LogP contribution in [0.4, 0.5) is 5.69 Å². The summed E-state index contributed by atoms with van der Waals surface area (Å²) < 4.78 is 6.81. The SMILES string of the molecule is Cc1nn(-c2ccccc2)c(C)c1NC(=O)COC(=O)c1ccc(Cl)cc1. The number of ether oxygens (including phenoxy) is 1. The topological polar surface area (TPSA) is 73.2 Å². The molecular formula is C20H18ClN3O3. The number of aryl methyl sites for hydroxylation is 1. The van der Waals surface area contributed by atoms with Gasteiger partial charge in [0.2, 0.25) is 0 Å². The highest BCUT2D eigenvalue weighted by Gasteiger charge is 2.16. The number of para-hydroxylation sites is 1. The molecule has 0 aliphatic rings. The van der Waals surface area contributed by atoms with Gasteiger partial charge in [-0.05, 0) is 50.2 Å². The summed E-state index contributed by atoms with van der Waals surface area (Å²) in [5, 5.41) is 7.75. The third-order valence-electron chi connectivity index (χ3n) is 3.97. The first kappa shape index (κ1) is 18.7. The van der Waals surface area contributed by atoms with Crippen molar-refractivity contribution in [3.8, 4) is 5.69 Å². The van der Waals surface area contributed by atoms with Crippen molar-refractivity contribution >= 4 is 29.2 Å². The number of aromatic nitrogens is 2. The van der Waals surface area contributed by atoms with Gasteiger partial charge in [-0.1, -0.05) is 29.8 Å². The Morgan fingerprint density at radius 1 is 1.07 bits per heavy atom. The summed E-state index contributed by atoms with van der Waals surface area (Å²) in [6.45, 7) is 3.28. The number of hydrogen-bond acceptors (Lipinski definition) is 4. The third kappa shape index (κ3) is 4.35. The number of hydrogen-bond donors (Lipinski definition) is 1. The van der Waals surface area contributed by atoms with Crippen LogP contribution in [0.3, 0.4) is 0 Å². The van der Waals surface area contributed by atoms with Gasteiger partial charge in [0.15, 0.2) is 6.61 Å². The molecule has 6 nitrogen and oxygen atoms in total. The Balaban J connectivity index is 1.65. The number of nitrogens with zero attached hydrogens (tertiary/aromatic N) is 2. The molecule has 1 N–H and O–H groups in total. The Labute approximate surface area is 161 Å². The molecule has 0 radical (unpaired) electrons. The maximum Gasteiger partial charge on any atom is 0.338 e. The number of nitrogens with one attached hydrogen (secondary N) is 1. The van der Waals surface area contributed by atoms with Gasteiger partial charge in [0.05, 0.1) is 28.3 Å². The van der Waals surface area contributed by atoms with Crippen LogP contribution in [0.25, 0.3) is 5.69 Å². The van der Waals surface area contributed by atoms with E-state index in [1.165, 1.54) is 0 Å². The van der Waals surface area contributed by atoms with E-state index in [-0.39, 0.29) is 0 Å². The molecule has 0 spiro atoms. The number of esters is 1.